The molecule has 1 heterocycles. The smallest absolute Gasteiger partial charge is 0.221 e. The highest BCUT2D eigenvalue weighted by Gasteiger charge is 2.15. The van der Waals surface area contributed by atoms with Crippen LogP contribution in [0.5, 0.6) is 0 Å². The number of nitrogens with zero attached hydrogens (tertiary/aromatic N) is 1. The topological polar surface area (TPSA) is 42.0 Å². The zero-order chi connectivity index (χ0) is 13.9. The van der Waals surface area contributed by atoms with Gasteiger partial charge in [-0.2, -0.15) is 0 Å². The van der Waals surface area contributed by atoms with E-state index >= 15 is 0 Å². The van der Waals surface area contributed by atoms with Crippen LogP contribution in [0.25, 0.3) is 0 Å². The molecule has 4 heteroatoms. The third-order valence-corrected chi connectivity index (χ3v) is 4.68. The van der Waals surface area contributed by atoms with Gasteiger partial charge in [-0.25, -0.2) is 4.98 Å². The Labute approximate surface area is 123 Å². The number of carbonyl (C=O) groups excluding carboxylic acids is 1. The van der Waals surface area contributed by atoms with E-state index in [2.05, 4.69) is 17.4 Å². The summed E-state index contributed by atoms with van der Waals surface area (Å²) in [6.07, 6.45) is 5.82. The molecule has 0 bridgehead atoms. The molecule has 0 atom stereocenters. The van der Waals surface area contributed by atoms with Gasteiger partial charge in [0.15, 0.2) is 0 Å². The van der Waals surface area contributed by atoms with Gasteiger partial charge in [0.05, 0.1) is 10.7 Å². The molecular formula is C16H18N2OS. The predicted molar refractivity (Wildman–Crippen MR) is 82.3 cm³/mol. The van der Waals surface area contributed by atoms with Crippen molar-refractivity contribution in [1.29, 1.82) is 0 Å². The second kappa shape index (κ2) is 5.75. The summed E-state index contributed by atoms with van der Waals surface area (Å²) >= 11 is 1.86. The third-order valence-electron chi connectivity index (χ3n) is 3.52. The lowest BCUT2D eigenvalue weighted by Gasteiger charge is -2.06. The summed E-state index contributed by atoms with van der Waals surface area (Å²) in [5.41, 5.74) is 3.41. The lowest BCUT2D eigenvalue weighted by Crippen LogP contribution is -2.05. The zero-order valence-electron chi connectivity index (χ0n) is 11.6. The lowest BCUT2D eigenvalue weighted by molar-refractivity contribution is -0.114. The minimum Gasteiger partial charge on any atom is -0.326 e. The number of amides is 1. The summed E-state index contributed by atoms with van der Waals surface area (Å²) in [4.78, 5) is 17.2. The van der Waals surface area contributed by atoms with Crippen LogP contribution in [0.4, 0.5) is 5.69 Å². The number of carbonyl (C=O) groups is 1. The molecule has 1 N–H and O–H groups in total. The minimum absolute atomic E-state index is 0.0367. The van der Waals surface area contributed by atoms with Gasteiger partial charge in [0.1, 0.15) is 0 Å². The van der Waals surface area contributed by atoms with E-state index in [1.807, 2.05) is 23.5 Å². The summed E-state index contributed by atoms with van der Waals surface area (Å²) in [7, 11) is 0. The highest BCUT2D eigenvalue weighted by Crippen LogP contribution is 2.28. The number of benzene rings is 1. The number of fused-ring (bicyclic) bond motifs is 1. The SMILES string of the molecule is CC(=O)Nc1ccc(Cc2nc3c(s2)CCCC3)cc1. The maximum Gasteiger partial charge on any atom is 0.221 e. The molecule has 3 rings (SSSR count). The van der Waals surface area contributed by atoms with Crippen molar-refractivity contribution in [2.24, 2.45) is 0 Å². The first kappa shape index (κ1) is 13.3. The fourth-order valence-corrected chi connectivity index (χ4v) is 3.76. The van der Waals surface area contributed by atoms with E-state index in [9.17, 15) is 4.79 Å². The minimum atomic E-state index is -0.0367. The van der Waals surface area contributed by atoms with E-state index < -0.39 is 0 Å². The van der Waals surface area contributed by atoms with E-state index in [0.717, 1.165) is 18.5 Å². The standard InChI is InChI=1S/C16H18N2OS/c1-11(19)17-13-8-6-12(7-9-13)10-16-18-14-4-2-3-5-15(14)20-16/h6-9H,2-5,10H2,1H3,(H,17,19). The molecule has 0 fully saturated rings. The first-order valence-electron chi connectivity index (χ1n) is 7.05. The van der Waals surface area contributed by atoms with Crippen molar-refractivity contribution in [1.82, 2.24) is 4.98 Å². The number of hydrogen-bond acceptors (Lipinski definition) is 3. The average Bonchev–Trinajstić information content (AvgIpc) is 2.82. The van der Waals surface area contributed by atoms with Crippen LogP contribution >= 0.6 is 11.3 Å². The van der Waals surface area contributed by atoms with Gasteiger partial charge in [0, 0.05) is 23.9 Å². The molecule has 0 saturated carbocycles. The number of hydrogen-bond donors (Lipinski definition) is 1. The van der Waals surface area contributed by atoms with E-state index in [1.54, 1.807) is 0 Å². The molecule has 1 aliphatic rings. The largest absolute Gasteiger partial charge is 0.326 e. The van der Waals surface area contributed by atoms with Crippen LogP contribution in [0.15, 0.2) is 24.3 Å². The maximum absolute atomic E-state index is 11.0. The average molecular weight is 286 g/mol. The molecule has 1 aromatic carbocycles. The number of aryl methyl sites for hydroxylation is 2. The highest BCUT2D eigenvalue weighted by molar-refractivity contribution is 7.11. The van der Waals surface area contributed by atoms with Gasteiger partial charge in [-0.3, -0.25) is 4.79 Å². The highest BCUT2D eigenvalue weighted by atomic mass is 32.1. The van der Waals surface area contributed by atoms with E-state index in [4.69, 9.17) is 4.98 Å². The number of aromatic nitrogens is 1. The van der Waals surface area contributed by atoms with Crippen LogP contribution in [0.2, 0.25) is 0 Å². The summed E-state index contributed by atoms with van der Waals surface area (Å²) in [6, 6.07) is 8.02. The van der Waals surface area contributed by atoms with E-state index in [-0.39, 0.29) is 5.91 Å². The Hall–Kier alpha value is -1.68. The molecule has 3 nitrogen and oxygen atoms in total. The molecule has 104 valence electrons. The van der Waals surface area contributed by atoms with Gasteiger partial charge in [0.2, 0.25) is 5.91 Å². The monoisotopic (exact) mass is 286 g/mol. The molecule has 1 amide bonds. The molecular weight excluding hydrogens is 268 g/mol. The van der Waals surface area contributed by atoms with Crippen molar-refractivity contribution < 1.29 is 4.79 Å². The molecule has 0 saturated heterocycles. The van der Waals surface area contributed by atoms with Crippen molar-refractivity contribution in [3.05, 3.63) is 45.4 Å². The normalized spacial score (nSPS) is 13.8. The van der Waals surface area contributed by atoms with Crippen LogP contribution in [0, 0.1) is 0 Å². The summed E-state index contributed by atoms with van der Waals surface area (Å²) < 4.78 is 0. The Morgan fingerprint density at radius 3 is 2.70 bits per heavy atom. The van der Waals surface area contributed by atoms with Gasteiger partial charge >= 0.3 is 0 Å². The fraction of sp³-hybridized carbons (Fsp3) is 0.375. The van der Waals surface area contributed by atoms with E-state index in [0.29, 0.717) is 0 Å². The van der Waals surface area contributed by atoms with E-state index in [1.165, 1.54) is 47.3 Å². The summed E-state index contributed by atoms with van der Waals surface area (Å²) in [5.74, 6) is -0.0367. The van der Waals surface area contributed by atoms with Crippen molar-refractivity contribution in [3.8, 4) is 0 Å². The molecule has 1 aliphatic carbocycles. The molecule has 20 heavy (non-hydrogen) atoms. The van der Waals surface area contributed by atoms with Crippen LogP contribution in [-0.2, 0) is 24.1 Å². The van der Waals surface area contributed by atoms with Crippen LogP contribution < -0.4 is 5.32 Å². The molecule has 2 aromatic rings. The van der Waals surface area contributed by atoms with Gasteiger partial charge in [0.25, 0.3) is 0 Å². The molecule has 0 aliphatic heterocycles. The first-order valence-corrected chi connectivity index (χ1v) is 7.86. The zero-order valence-corrected chi connectivity index (χ0v) is 12.4. The molecule has 1 aromatic heterocycles. The first-order chi connectivity index (χ1) is 9.70. The fourth-order valence-electron chi connectivity index (χ4n) is 2.56. The van der Waals surface area contributed by atoms with Crippen LogP contribution in [0.3, 0.4) is 0 Å². The number of thiazole rings is 1. The quantitative estimate of drug-likeness (QED) is 0.937. The van der Waals surface area contributed by atoms with Gasteiger partial charge < -0.3 is 5.32 Å². The Morgan fingerprint density at radius 1 is 1.25 bits per heavy atom. The summed E-state index contributed by atoms with van der Waals surface area (Å²) in [6.45, 7) is 1.52. The number of anilines is 1. The molecule has 0 unspecified atom stereocenters. The van der Waals surface area contributed by atoms with Gasteiger partial charge in [-0.1, -0.05) is 12.1 Å². The Kier molecular flexibility index (Phi) is 3.83. The Morgan fingerprint density at radius 2 is 2.00 bits per heavy atom. The second-order valence-electron chi connectivity index (χ2n) is 5.24. The molecule has 0 spiro atoms. The van der Waals surface area contributed by atoms with Crippen LogP contribution in [0.1, 0.15) is 40.9 Å². The van der Waals surface area contributed by atoms with Crippen molar-refractivity contribution in [2.75, 3.05) is 5.32 Å². The predicted octanol–water partition coefficient (Wildman–Crippen LogP) is 3.57. The number of nitrogens with one attached hydrogen (secondary N) is 1. The lowest BCUT2D eigenvalue weighted by atomic mass is 10.0. The molecule has 0 radical (unpaired) electrons. The van der Waals surface area contributed by atoms with Crippen molar-refractivity contribution >= 4 is 22.9 Å². The summed E-state index contributed by atoms with van der Waals surface area (Å²) in [5, 5.41) is 4.00. The van der Waals surface area contributed by atoms with Crippen molar-refractivity contribution in [3.63, 3.8) is 0 Å². The number of rotatable bonds is 3. The third kappa shape index (κ3) is 3.07. The maximum atomic E-state index is 11.0. The van der Waals surface area contributed by atoms with Gasteiger partial charge in [-0.05, 0) is 43.4 Å². The van der Waals surface area contributed by atoms with Gasteiger partial charge in [-0.15, -0.1) is 11.3 Å². The van der Waals surface area contributed by atoms with Crippen LogP contribution in [-0.4, -0.2) is 10.9 Å². The Balaban J connectivity index is 1.71. The second-order valence-corrected chi connectivity index (χ2v) is 6.41. The Bertz CT molecular complexity index is 592. The van der Waals surface area contributed by atoms with Crippen molar-refractivity contribution in [2.45, 2.75) is 39.0 Å².